The lowest BCUT2D eigenvalue weighted by Gasteiger charge is -2.35. The summed E-state index contributed by atoms with van der Waals surface area (Å²) in [7, 11) is 0. The molecule has 5 heteroatoms. The Morgan fingerprint density at radius 2 is 2.15 bits per heavy atom. The fraction of sp³-hybridized carbons (Fsp3) is 0.867. The van der Waals surface area contributed by atoms with Crippen molar-refractivity contribution in [1.29, 1.82) is 0 Å². The van der Waals surface area contributed by atoms with Gasteiger partial charge in [-0.05, 0) is 45.1 Å². The van der Waals surface area contributed by atoms with Crippen molar-refractivity contribution in [2.45, 2.75) is 57.9 Å². The molecule has 0 aromatic rings. The third kappa shape index (κ3) is 4.20. The smallest absolute Gasteiger partial charge is 0.227 e. The van der Waals surface area contributed by atoms with Crippen LogP contribution in [0.1, 0.15) is 51.9 Å². The van der Waals surface area contributed by atoms with Crippen molar-refractivity contribution in [2.24, 2.45) is 5.41 Å². The topological polar surface area (TPSA) is 70.2 Å². The molecular weight excluding hydrogens is 254 g/mol. The number of rotatable bonds is 7. The molecule has 3 N–H and O–H groups in total. The normalized spacial score (nSPS) is 26.1. The third-order valence-electron chi connectivity index (χ3n) is 4.44. The monoisotopic (exact) mass is 281 g/mol. The summed E-state index contributed by atoms with van der Waals surface area (Å²) in [5, 5.41) is 9.29. The van der Waals surface area contributed by atoms with E-state index in [2.05, 4.69) is 22.9 Å². The highest BCUT2D eigenvalue weighted by Gasteiger charge is 2.37. The molecule has 2 amide bonds. The van der Waals surface area contributed by atoms with Crippen molar-refractivity contribution in [1.82, 2.24) is 16.0 Å². The summed E-state index contributed by atoms with van der Waals surface area (Å²) in [6.45, 7) is 4.46. The molecule has 0 bridgehead atoms. The largest absolute Gasteiger partial charge is 0.356 e. The maximum atomic E-state index is 12.3. The van der Waals surface area contributed by atoms with Gasteiger partial charge in [-0.15, -0.1) is 0 Å². The minimum absolute atomic E-state index is 0.117. The molecule has 1 atom stereocenters. The van der Waals surface area contributed by atoms with Gasteiger partial charge >= 0.3 is 0 Å². The molecule has 1 saturated carbocycles. The molecule has 1 unspecified atom stereocenters. The van der Waals surface area contributed by atoms with Crippen LogP contribution >= 0.6 is 0 Å². The van der Waals surface area contributed by atoms with Crippen molar-refractivity contribution in [2.75, 3.05) is 19.6 Å². The van der Waals surface area contributed by atoms with E-state index in [1.54, 1.807) is 0 Å². The number of amides is 2. The second-order valence-corrected chi connectivity index (χ2v) is 6.12. The molecule has 1 aliphatic heterocycles. The van der Waals surface area contributed by atoms with Gasteiger partial charge in [0.05, 0.1) is 5.41 Å². The van der Waals surface area contributed by atoms with Crippen molar-refractivity contribution >= 4 is 11.8 Å². The van der Waals surface area contributed by atoms with E-state index in [4.69, 9.17) is 0 Å². The Hall–Kier alpha value is -1.10. The Labute approximate surface area is 121 Å². The van der Waals surface area contributed by atoms with Gasteiger partial charge in [-0.3, -0.25) is 9.59 Å². The van der Waals surface area contributed by atoms with E-state index in [0.29, 0.717) is 19.0 Å². The summed E-state index contributed by atoms with van der Waals surface area (Å²) in [6, 6.07) is 0.425. The van der Waals surface area contributed by atoms with E-state index in [0.717, 1.165) is 51.6 Å². The van der Waals surface area contributed by atoms with E-state index in [1.165, 1.54) is 0 Å². The summed E-state index contributed by atoms with van der Waals surface area (Å²) < 4.78 is 0. The summed E-state index contributed by atoms with van der Waals surface area (Å²) in [6.07, 6.45) is 6.36. The van der Waals surface area contributed by atoms with Crippen molar-refractivity contribution in [3.05, 3.63) is 0 Å². The molecule has 5 nitrogen and oxygen atoms in total. The summed E-state index contributed by atoms with van der Waals surface area (Å²) in [5.41, 5.74) is -0.242. The maximum absolute atomic E-state index is 12.3. The lowest BCUT2D eigenvalue weighted by Crippen LogP contribution is -2.50. The van der Waals surface area contributed by atoms with Crippen LogP contribution in [-0.2, 0) is 9.59 Å². The van der Waals surface area contributed by atoms with E-state index in [-0.39, 0.29) is 17.2 Å². The van der Waals surface area contributed by atoms with Gasteiger partial charge < -0.3 is 16.0 Å². The van der Waals surface area contributed by atoms with Crippen LogP contribution in [0.2, 0.25) is 0 Å². The quantitative estimate of drug-likeness (QED) is 0.608. The number of carbonyl (C=O) groups excluding carboxylic acids is 2. The summed E-state index contributed by atoms with van der Waals surface area (Å²) in [4.78, 5) is 23.9. The summed E-state index contributed by atoms with van der Waals surface area (Å²) >= 11 is 0. The van der Waals surface area contributed by atoms with Gasteiger partial charge in [0.1, 0.15) is 0 Å². The van der Waals surface area contributed by atoms with E-state index >= 15 is 0 Å². The third-order valence-corrected chi connectivity index (χ3v) is 4.44. The highest BCUT2D eigenvalue weighted by Crippen LogP contribution is 2.30. The molecule has 1 saturated heterocycles. The van der Waals surface area contributed by atoms with Crippen LogP contribution in [0.25, 0.3) is 0 Å². The van der Waals surface area contributed by atoms with E-state index in [9.17, 15) is 9.59 Å². The Morgan fingerprint density at radius 3 is 2.75 bits per heavy atom. The average molecular weight is 281 g/mol. The van der Waals surface area contributed by atoms with Gasteiger partial charge in [0.25, 0.3) is 0 Å². The average Bonchev–Trinajstić information content (AvgIpc) is 3.28. The molecule has 1 heterocycles. The van der Waals surface area contributed by atoms with E-state index in [1.807, 2.05) is 0 Å². The van der Waals surface area contributed by atoms with Crippen LogP contribution in [-0.4, -0.2) is 37.5 Å². The van der Waals surface area contributed by atoms with Crippen LogP contribution in [0.15, 0.2) is 0 Å². The van der Waals surface area contributed by atoms with Crippen LogP contribution in [0, 0.1) is 5.41 Å². The maximum Gasteiger partial charge on any atom is 0.227 e. The molecule has 2 rings (SSSR count). The zero-order valence-electron chi connectivity index (χ0n) is 12.5. The Bertz CT molecular complexity index is 347. The molecule has 0 spiro atoms. The van der Waals surface area contributed by atoms with Gasteiger partial charge in [0.2, 0.25) is 11.8 Å². The first-order valence-corrected chi connectivity index (χ1v) is 7.95. The molecular formula is C15H27N3O2. The Balaban J connectivity index is 1.64. The molecule has 0 aromatic carbocycles. The number of hydrogen-bond acceptors (Lipinski definition) is 3. The first kappa shape index (κ1) is 15.3. The molecule has 114 valence electrons. The molecule has 2 aliphatic rings. The minimum Gasteiger partial charge on any atom is -0.356 e. The Kier molecular flexibility index (Phi) is 5.40. The Morgan fingerprint density at radius 1 is 1.35 bits per heavy atom. The number of piperidine rings is 1. The second kappa shape index (κ2) is 7.07. The molecule has 0 aromatic heterocycles. The number of carbonyl (C=O) groups is 2. The standard InChI is InChI=1S/C15H27N3O2/c1-2-15(8-4-9-16-11-15)14(20)17-10-3-5-13(19)18-12-6-7-12/h12,16H,2-11H2,1H3,(H,17,20)(H,18,19). The van der Waals surface area contributed by atoms with Gasteiger partial charge in [-0.25, -0.2) is 0 Å². The SMILES string of the molecule is CCC1(C(=O)NCCCC(=O)NC2CC2)CCCNC1. The lowest BCUT2D eigenvalue weighted by atomic mass is 9.77. The fourth-order valence-corrected chi connectivity index (χ4v) is 2.79. The summed E-state index contributed by atoms with van der Waals surface area (Å²) in [5.74, 6) is 0.265. The minimum atomic E-state index is -0.242. The molecule has 0 radical (unpaired) electrons. The zero-order chi connectivity index (χ0) is 14.4. The van der Waals surface area contributed by atoms with Gasteiger partial charge in [-0.2, -0.15) is 0 Å². The predicted octanol–water partition coefficient (Wildman–Crippen LogP) is 0.941. The predicted molar refractivity (Wildman–Crippen MR) is 78.2 cm³/mol. The highest BCUT2D eigenvalue weighted by molar-refractivity contribution is 5.83. The fourth-order valence-electron chi connectivity index (χ4n) is 2.79. The first-order chi connectivity index (χ1) is 9.66. The second-order valence-electron chi connectivity index (χ2n) is 6.12. The zero-order valence-corrected chi connectivity index (χ0v) is 12.5. The number of nitrogens with one attached hydrogen (secondary N) is 3. The van der Waals surface area contributed by atoms with Gasteiger partial charge in [-0.1, -0.05) is 6.92 Å². The van der Waals surface area contributed by atoms with Gasteiger partial charge in [0.15, 0.2) is 0 Å². The molecule has 1 aliphatic carbocycles. The van der Waals surface area contributed by atoms with Crippen LogP contribution < -0.4 is 16.0 Å². The van der Waals surface area contributed by atoms with Crippen LogP contribution in [0.3, 0.4) is 0 Å². The first-order valence-electron chi connectivity index (χ1n) is 7.95. The van der Waals surface area contributed by atoms with E-state index < -0.39 is 0 Å². The van der Waals surface area contributed by atoms with Crippen molar-refractivity contribution in [3.8, 4) is 0 Å². The van der Waals surface area contributed by atoms with Crippen LogP contribution in [0.4, 0.5) is 0 Å². The molecule has 20 heavy (non-hydrogen) atoms. The van der Waals surface area contributed by atoms with Crippen LogP contribution in [0.5, 0.6) is 0 Å². The highest BCUT2D eigenvalue weighted by atomic mass is 16.2. The van der Waals surface area contributed by atoms with Crippen molar-refractivity contribution in [3.63, 3.8) is 0 Å². The lowest BCUT2D eigenvalue weighted by molar-refractivity contribution is -0.132. The number of hydrogen-bond donors (Lipinski definition) is 3. The molecule has 2 fully saturated rings. The van der Waals surface area contributed by atoms with Crippen molar-refractivity contribution < 1.29 is 9.59 Å². The van der Waals surface area contributed by atoms with Gasteiger partial charge in [0, 0.05) is 25.6 Å².